The summed E-state index contributed by atoms with van der Waals surface area (Å²) in [5.41, 5.74) is 0.637. The van der Waals surface area contributed by atoms with Gasteiger partial charge in [0.05, 0.1) is 0 Å². The molecule has 0 N–H and O–H groups in total. The molecule has 0 aromatic heterocycles. The quantitative estimate of drug-likeness (QED) is 0.794. The van der Waals surface area contributed by atoms with Crippen LogP contribution in [0.3, 0.4) is 0 Å². The predicted octanol–water partition coefficient (Wildman–Crippen LogP) is 3.15. The van der Waals surface area contributed by atoms with E-state index in [-0.39, 0.29) is 0 Å². The Bertz CT molecular complexity index is 357. The van der Waals surface area contributed by atoms with Gasteiger partial charge in [-0.2, -0.15) is 0 Å². The number of amides is 1. The van der Waals surface area contributed by atoms with E-state index in [9.17, 15) is 4.79 Å². The number of piperidine rings is 1. The van der Waals surface area contributed by atoms with Crippen LogP contribution < -0.4 is 0 Å². The topological polar surface area (TPSA) is 23.6 Å². The van der Waals surface area contributed by atoms with Crippen molar-refractivity contribution in [2.75, 3.05) is 33.7 Å². The van der Waals surface area contributed by atoms with Gasteiger partial charge in [-0.15, -0.1) is 0 Å². The zero-order valence-corrected chi connectivity index (χ0v) is 13.9. The van der Waals surface area contributed by atoms with E-state index in [1.54, 1.807) is 4.90 Å². The Morgan fingerprint density at radius 2 is 1.62 bits per heavy atom. The number of rotatable bonds is 4. The van der Waals surface area contributed by atoms with Crippen LogP contribution in [-0.4, -0.2) is 49.4 Å². The number of likely N-dealkylation sites (tertiary alicyclic amines) is 1. The Morgan fingerprint density at radius 1 is 1.00 bits per heavy atom. The summed E-state index contributed by atoms with van der Waals surface area (Å²) >= 11 is 0. The molecule has 1 aliphatic heterocycles. The minimum atomic E-state index is 0.315. The first-order valence-electron chi connectivity index (χ1n) is 8.99. The van der Waals surface area contributed by atoms with Crippen LogP contribution in [0.15, 0.2) is 0 Å². The van der Waals surface area contributed by atoms with E-state index in [1.165, 1.54) is 71.0 Å². The largest absolute Gasteiger partial charge is 0.349 e. The van der Waals surface area contributed by atoms with Crippen LogP contribution in [0.5, 0.6) is 0 Å². The Balaban J connectivity index is 1.41. The van der Waals surface area contributed by atoms with Crippen LogP contribution in [0.1, 0.15) is 57.8 Å². The molecule has 1 spiro atoms. The lowest BCUT2D eigenvalue weighted by atomic mass is 9.65. The Hall–Kier alpha value is -0.570. The second-order valence-electron chi connectivity index (χ2n) is 8.18. The summed E-state index contributed by atoms with van der Waals surface area (Å²) in [5, 5.41) is 0. The second kappa shape index (κ2) is 6.28. The summed E-state index contributed by atoms with van der Waals surface area (Å²) in [4.78, 5) is 16.3. The van der Waals surface area contributed by atoms with E-state index in [4.69, 9.17) is 0 Å². The summed E-state index contributed by atoms with van der Waals surface area (Å²) < 4.78 is 0. The number of hydrogen-bond donors (Lipinski definition) is 0. The van der Waals surface area contributed by atoms with Gasteiger partial charge >= 0.3 is 0 Å². The van der Waals surface area contributed by atoms with Crippen LogP contribution in [0.25, 0.3) is 0 Å². The van der Waals surface area contributed by atoms with Gasteiger partial charge < -0.3 is 9.80 Å². The zero-order chi connectivity index (χ0) is 14.9. The smallest absolute Gasteiger partial charge is 0.222 e. The molecule has 0 bridgehead atoms. The highest BCUT2D eigenvalue weighted by Crippen LogP contribution is 2.47. The average Bonchev–Trinajstić information content (AvgIpc) is 3.28. The highest BCUT2D eigenvalue weighted by atomic mass is 16.2. The molecule has 120 valence electrons. The van der Waals surface area contributed by atoms with Crippen LogP contribution in [0, 0.1) is 17.3 Å². The summed E-state index contributed by atoms with van der Waals surface area (Å²) in [5.74, 6) is 2.00. The number of carbonyl (C=O) groups excluding carboxylic acids is 1. The minimum absolute atomic E-state index is 0.315. The normalized spacial score (nSPS) is 27.0. The van der Waals surface area contributed by atoms with Gasteiger partial charge in [-0.25, -0.2) is 0 Å². The monoisotopic (exact) mass is 292 g/mol. The van der Waals surface area contributed by atoms with Crippen molar-refractivity contribution in [3.8, 4) is 0 Å². The lowest BCUT2D eigenvalue weighted by Crippen LogP contribution is -2.42. The molecule has 3 fully saturated rings. The number of hydrogen-bond acceptors (Lipinski definition) is 2. The molecule has 1 saturated heterocycles. The van der Waals surface area contributed by atoms with E-state index in [1.807, 2.05) is 14.1 Å². The molecule has 3 rings (SSSR count). The number of nitrogens with zero attached hydrogens (tertiary/aromatic N) is 2. The lowest BCUT2D eigenvalue weighted by Gasteiger charge is -2.46. The van der Waals surface area contributed by atoms with Gasteiger partial charge in [0.2, 0.25) is 5.91 Å². The van der Waals surface area contributed by atoms with E-state index >= 15 is 0 Å². The fraction of sp³-hybridized carbons (Fsp3) is 0.944. The summed E-state index contributed by atoms with van der Waals surface area (Å²) in [7, 11) is 3.75. The van der Waals surface area contributed by atoms with Gasteiger partial charge in [0.25, 0.3) is 0 Å². The highest BCUT2D eigenvalue weighted by molar-refractivity contribution is 5.75. The third-order valence-corrected chi connectivity index (χ3v) is 6.26. The first kappa shape index (κ1) is 15.3. The van der Waals surface area contributed by atoms with E-state index in [0.29, 0.717) is 17.2 Å². The Morgan fingerprint density at radius 3 is 2.14 bits per heavy atom. The lowest BCUT2D eigenvalue weighted by molar-refractivity contribution is -0.130. The fourth-order valence-electron chi connectivity index (χ4n) is 4.30. The van der Waals surface area contributed by atoms with Crippen molar-refractivity contribution < 1.29 is 4.79 Å². The van der Waals surface area contributed by atoms with Gasteiger partial charge in [-0.1, -0.05) is 0 Å². The van der Waals surface area contributed by atoms with Crippen molar-refractivity contribution in [3.63, 3.8) is 0 Å². The van der Waals surface area contributed by atoms with Gasteiger partial charge in [0.15, 0.2) is 0 Å². The molecular weight excluding hydrogens is 260 g/mol. The molecule has 21 heavy (non-hydrogen) atoms. The Kier molecular flexibility index (Phi) is 4.58. The molecule has 0 unspecified atom stereocenters. The molecular formula is C18H32N2O. The van der Waals surface area contributed by atoms with Crippen LogP contribution >= 0.6 is 0 Å². The van der Waals surface area contributed by atoms with Gasteiger partial charge in [-0.05, 0) is 81.7 Å². The summed E-state index contributed by atoms with van der Waals surface area (Å²) in [6.45, 7) is 4.03. The van der Waals surface area contributed by atoms with Crippen molar-refractivity contribution in [1.82, 2.24) is 9.80 Å². The molecule has 0 atom stereocenters. The fourth-order valence-corrected chi connectivity index (χ4v) is 4.30. The molecule has 3 aliphatic rings. The first-order valence-corrected chi connectivity index (χ1v) is 8.99. The maximum atomic E-state index is 11.8. The molecule has 2 aliphatic carbocycles. The highest BCUT2D eigenvalue weighted by Gasteiger charge is 2.39. The third-order valence-electron chi connectivity index (χ3n) is 6.26. The standard InChI is InChI=1S/C18H32N2O/c1-19(2)17(21)13-15-5-7-18(8-6-15)9-11-20(12-10-18)14-16-3-4-16/h15-16H,3-14H2,1-2H3. The minimum Gasteiger partial charge on any atom is -0.349 e. The van der Waals surface area contributed by atoms with Crippen molar-refractivity contribution in [3.05, 3.63) is 0 Å². The summed E-state index contributed by atoms with van der Waals surface area (Å²) in [6.07, 6.45) is 11.8. The predicted molar refractivity (Wildman–Crippen MR) is 86.1 cm³/mol. The van der Waals surface area contributed by atoms with Crippen molar-refractivity contribution in [2.24, 2.45) is 17.3 Å². The van der Waals surface area contributed by atoms with E-state index in [0.717, 1.165) is 12.3 Å². The van der Waals surface area contributed by atoms with Gasteiger partial charge in [-0.3, -0.25) is 4.79 Å². The van der Waals surface area contributed by atoms with Crippen LogP contribution in [-0.2, 0) is 4.79 Å². The average molecular weight is 292 g/mol. The first-order chi connectivity index (χ1) is 10.1. The van der Waals surface area contributed by atoms with E-state index in [2.05, 4.69) is 4.90 Å². The van der Waals surface area contributed by atoms with Gasteiger partial charge in [0, 0.05) is 27.1 Å². The SMILES string of the molecule is CN(C)C(=O)CC1CCC2(CC1)CCN(CC1CC1)CC2. The van der Waals surface area contributed by atoms with E-state index < -0.39 is 0 Å². The maximum Gasteiger partial charge on any atom is 0.222 e. The van der Waals surface area contributed by atoms with Crippen molar-refractivity contribution in [2.45, 2.75) is 57.8 Å². The maximum absolute atomic E-state index is 11.8. The molecule has 2 saturated carbocycles. The third kappa shape index (κ3) is 4.00. The van der Waals surface area contributed by atoms with Gasteiger partial charge in [0.1, 0.15) is 0 Å². The van der Waals surface area contributed by atoms with Crippen molar-refractivity contribution in [1.29, 1.82) is 0 Å². The molecule has 1 heterocycles. The molecule has 0 radical (unpaired) electrons. The molecule has 0 aromatic rings. The molecule has 0 aromatic carbocycles. The van der Waals surface area contributed by atoms with Crippen molar-refractivity contribution >= 4 is 5.91 Å². The zero-order valence-electron chi connectivity index (χ0n) is 13.9. The number of carbonyl (C=O) groups is 1. The van der Waals surface area contributed by atoms with Crippen LogP contribution in [0.4, 0.5) is 0 Å². The molecule has 3 nitrogen and oxygen atoms in total. The Labute approximate surface area is 130 Å². The summed E-state index contributed by atoms with van der Waals surface area (Å²) in [6, 6.07) is 0. The molecule has 1 amide bonds. The van der Waals surface area contributed by atoms with Crippen LogP contribution in [0.2, 0.25) is 0 Å². The second-order valence-corrected chi connectivity index (χ2v) is 8.18. The molecule has 3 heteroatoms.